The van der Waals surface area contributed by atoms with Crippen LogP contribution >= 0.6 is 0 Å². The Morgan fingerprint density at radius 3 is 2.72 bits per heavy atom. The number of H-pyrrole nitrogens is 1. The molecule has 0 saturated heterocycles. The molecule has 9 heteroatoms. The molecule has 0 radical (unpaired) electrons. The molecule has 0 aromatic carbocycles. The van der Waals surface area contributed by atoms with Crippen LogP contribution in [0.1, 0.15) is 35.3 Å². The van der Waals surface area contributed by atoms with Crippen molar-refractivity contribution < 1.29 is 4.74 Å². The minimum absolute atomic E-state index is 0.0457. The number of pyridine rings is 1. The Morgan fingerprint density at radius 2 is 1.91 bits per heavy atom. The second-order valence-electron chi connectivity index (χ2n) is 8.64. The number of ether oxygens (including phenoxy) is 1. The lowest BCUT2D eigenvalue weighted by molar-refractivity contribution is 0.148. The molecule has 166 valence electrons. The average Bonchev–Trinajstić information content (AvgIpc) is 3.34. The van der Waals surface area contributed by atoms with Crippen LogP contribution in [-0.4, -0.2) is 59.3 Å². The van der Waals surface area contributed by atoms with Crippen LogP contribution in [0.3, 0.4) is 0 Å². The number of likely N-dealkylation sites (N-methyl/N-ethyl adjacent to an activating group) is 1. The topological polar surface area (TPSA) is 89.7 Å². The second-order valence-corrected chi connectivity index (χ2v) is 8.64. The highest BCUT2D eigenvalue weighted by Gasteiger charge is 2.22. The van der Waals surface area contributed by atoms with Crippen molar-refractivity contribution in [3.63, 3.8) is 0 Å². The summed E-state index contributed by atoms with van der Waals surface area (Å²) in [5.41, 5.74) is 7.64. The molecule has 1 atom stereocenters. The average molecular weight is 433 g/mol. The molecule has 0 amide bonds. The van der Waals surface area contributed by atoms with E-state index < -0.39 is 0 Å². The van der Waals surface area contributed by atoms with Crippen LogP contribution in [0.4, 0.5) is 0 Å². The monoisotopic (exact) mass is 432 g/mol. The van der Waals surface area contributed by atoms with Gasteiger partial charge in [0.05, 0.1) is 40.1 Å². The van der Waals surface area contributed by atoms with Crippen molar-refractivity contribution in [1.82, 2.24) is 39.6 Å². The number of nitrogens with zero attached hydrogens (tertiary/aromatic N) is 7. The Kier molecular flexibility index (Phi) is 4.85. The van der Waals surface area contributed by atoms with Gasteiger partial charge in [-0.1, -0.05) is 0 Å². The molecule has 2 bridgehead atoms. The smallest absolute Gasteiger partial charge is 0.221 e. The molecule has 5 heterocycles. The van der Waals surface area contributed by atoms with Gasteiger partial charge in [-0.05, 0) is 46.0 Å². The molecular formula is C23H28N8O. The molecule has 4 aromatic rings. The Bertz CT molecular complexity index is 1340. The van der Waals surface area contributed by atoms with E-state index in [9.17, 15) is 0 Å². The normalized spacial score (nSPS) is 18.1. The summed E-state index contributed by atoms with van der Waals surface area (Å²) >= 11 is 0. The van der Waals surface area contributed by atoms with Gasteiger partial charge in [0.2, 0.25) is 5.88 Å². The summed E-state index contributed by atoms with van der Waals surface area (Å²) in [5, 5.41) is 18.0. The van der Waals surface area contributed by atoms with Gasteiger partial charge in [-0.2, -0.15) is 15.3 Å². The number of aromatic nitrogens is 7. The highest BCUT2D eigenvalue weighted by Crippen LogP contribution is 2.34. The predicted octanol–water partition coefficient (Wildman–Crippen LogP) is 3.09. The van der Waals surface area contributed by atoms with Crippen LogP contribution in [0.25, 0.3) is 34.3 Å². The Labute approximate surface area is 186 Å². The highest BCUT2D eigenvalue weighted by molar-refractivity contribution is 5.92. The van der Waals surface area contributed by atoms with Crippen molar-refractivity contribution in [3.05, 3.63) is 40.6 Å². The zero-order valence-electron chi connectivity index (χ0n) is 19.3. The Morgan fingerprint density at radius 1 is 1.09 bits per heavy atom. The number of hydrogen-bond donors (Lipinski definition) is 1. The molecule has 4 aromatic heterocycles. The maximum atomic E-state index is 6.41. The lowest BCUT2D eigenvalue weighted by Gasteiger charge is -2.22. The van der Waals surface area contributed by atoms with Crippen LogP contribution in [-0.2, 0) is 20.6 Å². The predicted molar refractivity (Wildman–Crippen MR) is 124 cm³/mol. The van der Waals surface area contributed by atoms with Crippen LogP contribution in [0.5, 0.6) is 5.88 Å². The zero-order chi connectivity index (χ0) is 22.6. The summed E-state index contributed by atoms with van der Waals surface area (Å²) in [6, 6.07) is 2.06. The SMILES string of the molecule is Cc1nn(C)c2c1-c1cc3c(n[nH]c3cn1)/C=C/c1c(nn(C)c1C)CN(C)C[C@H](C)O2. The molecule has 32 heavy (non-hydrogen) atoms. The fourth-order valence-corrected chi connectivity index (χ4v) is 4.44. The van der Waals surface area contributed by atoms with Crippen LogP contribution in [0.15, 0.2) is 12.3 Å². The quantitative estimate of drug-likeness (QED) is 0.459. The molecule has 9 nitrogen and oxygen atoms in total. The van der Waals surface area contributed by atoms with E-state index in [0.717, 1.165) is 69.5 Å². The first kappa shape index (κ1) is 20.4. The molecule has 1 N–H and O–H groups in total. The molecule has 5 rings (SSSR count). The fourth-order valence-electron chi connectivity index (χ4n) is 4.44. The van der Waals surface area contributed by atoms with Crippen molar-refractivity contribution in [3.8, 4) is 17.1 Å². The summed E-state index contributed by atoms with van der Waals surface area (Å²) < 4.78 is 10.1. The number of hydrogen-bond acceptors (Lipinski definition) is 6. The van der Waals surface area contributed by atoms with Gasteiger partial charge in [-0.3, -0.25) is 19.7 Å². The summed E-state index contributed by atoms with van der Waals surface area (Å²) in [6.45, 7) is 7.62. The lowest BCUT2D eigenvalue weighted by Crippen LogP contribution is -2.31. The molecular weight excluding hydrogens is 404 g/mol. The van der Waals surface area contributed by atoms with Gasteiger partial charge in [-0.15, -0.1) is 0 Å². The first-order valence-electron chi connectivity index (χ1n) is 10.8. The Hall–Kier alpha value is -3.46. The minimum Gasteiger partial charge on any atom is -0.473 e. The van der Waals surface area contributed by atoms with E-state index in [1.54, 1.807) is 4.68 Å². The summed E-state index contributed by atoms with van der Waals surface area (Å²) in [6.07, 6.45) is 5.94. The maximum absolute atomic E-state index is 6.41. The first-order valence-corrected chi connectivity index (χ1v) is 10.8. The molecule has 0 aliphatic carbocycles. The number of fused-ring (bicyclic) bond motifs is 4. The van der Waals surface area contributed by atoms with Gasteiger partial charge in [0, 0.05) is 43.8 Å². The molecule has 0 fully saturated rings. The third-order valence-electron chi connectivity index (χ3n) is 6.07. The molecule has 0 unspecified atom stereocenters. The van der Waals surface area contributed by atoms with E-state index in [4.69, 9.17) is 9.84 Å². The number of rotatable bonds is 0. The van der Waals surface area contributed by atoms with Gasteiger partial charge in [0.15, 0.2) is 0 Å². The summed E-state index contributed by atoms with van der Waals surface area (Å²) in [4.78, 5) is 6.92. The van der Waals surface area contributed by atoms with E-state index in [1.165, 1.54) is 0 Å². The van der Waals surface area contributed by atoms with E-state index >= 15 is 0 Å². The highest BCUT2D eigenvalue weighted by atomic mass is 16.5. The van der Waals surface area contributed by atoms with Gasteiger partial charge in [0.1, 0.15) is 6.10 Å². The van der Waals surface area contributed by atoms with Gasteiger partial charge >= 0.3 is 0 Å². The maximum Gasteiger partial charge on any atom is 0.221 e. The van der Waals surface area contributed by atoms with Crippen LogP contribution < -0.4 is 4.74 Å². The van der Waals surface area contributed by atoms with Gasteiger partial charge in [0.25, 0.3) is 0 Å². The molecule has 1 aliphatic heterocycles. The fraction of sp³-hybridized carbons (Fsp3) is 0.391. The minimum atomic E-state index is -0.0457. The number of aromatic amines is 1. The summed E-state index contributed by atoms with van der Waals surface area (Å²) in [7, 11) is 5.98. The van der Waals surface area contributed by atoms with Crippen molar-refractivity contribution in [1.29, 1.82) is 0 Å². The third kappa shape index (κ3) is 3.38. The van der Waals surface area contributed by atoms with Crippen molar-refractivity contribution >= 4 is 23.1 Å². The second kappa shape index (κ2) is 7.59. The number of aryl methyl sites for hydroxylation is 3. The lowest BCUT2D eigenvalue weighted by atomic mass is 10.1. The van der Waals surface area contributed by atoms with Gasteiger partial charge in [-0.25, -0.2) is 4.68 Å². The molecule has 0 saturated carbocycles. The molecule has 1 aliphatic rings. The van der Waals surface area contributed by atoms with Crippen LogP contribution in [0.2, 0.25) is 0 Å². The standard InChI is InChI=1S/C23H28N8O/c1-13-11-29(4)12-21-16(15(3)30(5)28-21)7-8-18-17-9-19(24-10-20(17)26-25-18)22-14(2)27-31(6)23(22)32-13/h7-10,13H,11-12H2,1-6H3,(H,25,26)/b8-7+/t13-/m0/s1. The van der Waals surface area contributed by atoms with Crippen molar-refractivity contribution in [2.45, 2.75) is 33.4 Å². The third-order valence-corrected chi connectivity index (χ3v) is 6.07. The summed E-state index contributed by atoms with van der Waals surface area (Å²) in [5.74, 6) is 0.722. The van der Waals surface area contributed by atoms with E-state index in [1.807, 2.05) is 38.0 Å². The van der Waals surface area contributed by atoms with E-state index in [-0.39, 0.29) is 6.10 Å². The Balaban J connectivity index is 1.72. The molecule has 0 spiro atoms. The van der Waals surface area contributed by atoms with Crippen molar-refractivity contribution in [2.75, 3.05) is 13.6 Å². The zero-order valence-corrected chi connectivity index (χ0v) is 19.3. The van der Waals surface area contributed by atoms with Gasteiger partial charge < -0.3 is 4.74 Å². The van der Waals surface area contributed by atoms with E-state index in [0.29, 0.717) is 0 Å². The van der Waals surface area contributed by atoms with Crippen LogP contribution in [0, 0.1) is 13.8 Å². The number of nitrogens with one attached hydrogen (secondary N) is 1. The van der Waals surface area contributed by atoms with Crippen molar-refractivity contribution in [2.24, 2.45) is 14.1 Å². The largest absolute Gasteiger partial charge is 0.473 e. The first-order chi connectivity index (χ1) is 15.3. The van der Waals surface area contributed by atoms with E-state index in [2.05, 4.69) is 58.2 Å².